The summed E-state index contributed by atoms with van der Waals surface area (Å²) in [5, 5.41) is 23.2. The summed E-state index contributed by atoms with van der Waals surface area (Å²) < 4.78 is 0. The summed E-state index contributed by atoms with van der Waals surface area (Å²) in [6.45, 7) is 4.37. The van der Waals surface area contributed by atoms with Gasteiger partial charge in [-0.05, 0) is 44.9 Å². The first-order chi connectivity index (χ1) is 29.2. The van der Waals surface area contributed by atoms with Crippen LogP contribution in [0.4, 0.5) is 0 Å². The minimum atomic E-state index is -0.656. The monoisotopic (exact) mass is 830 g/mol. The van der Waals surface area contributed by atoms with Crippen LogP contribution in [0.2, 0.25) is 0 Å². The largest absolute Gasteiger partial charge is 0.394 e. The van der Waals surface area contributed by atoms with Gasteiger partial charge in [-0.15, -0.1) is 0 Å². The summed E-state index contributed by atoms with van der Waals surface area (Å²) >= 11 is 0. The first kappa shape index (κ1) is 57.9. The van der Waals surface area contributed by atoms with Gasteiger partial charge in [0.25, 0.3) is 0 Å². The van der Waals surface area contributed by atoms with Gasteiger partial charge >= 0.3 is 0 Å². The number of rotatable bonds is 50. The molecule has 0 aromatic carbocycles. The van der Waals surface area contributed by atoms with E-state index in [2.05, 4.69) is 43.5 Å². The molecule has 59 heavy (non-hydrogen) atoms. The highest BCUT2D eigenvalue weighted by atomic mass is 16.3. The number of hydrogen-bond acceptors (Lipinski definition) is 3. The second-order valence-corrected chi connectivity index (χ2v) is 18.7. The topological polar surface area (TPSA) is 69.6 Å². The molecule has 0 aromatic rings. The molecular weight excluding hydrogens is 723 g/mol. The van der Waals surface area contributed by atoms with Crippen molar-refractivity contribution in [3.8, 4) is 0 Å². The Balaban J connectivity index is 3.39. The third kappa shape index (κ3) is 47.8. The summed E-state index contributed by atoms with van der Waals surface area (Å²) in [6.07, 6.45) is 67.4. The molecule has 0 heterocycles. The van der Waals surface area contributed by atoms with Gasteiger partial charge in [-0.2, -0.15) is 0 Å². The lowest BCUT2D eigenvalue weighted by molar-refractivity contribution is -0.123. The van der Waals surface area contributed by atoms with Crippen molar-refractivity contribution in [2.24, 2.45) is 0 Å². The van der Waals surface area contributed by atoms with E-state index in [4.69, 9.17) is 0 Å². The first-order valence-corrected chi connectivity index (χ1v) is 27.0. The average Bonchev–Trinajstić information content (AvgIpc) is 3.24. The fraction of sp³-hybridized carbons (Fsp3) is 0.909. The number of aliphatic hydroxyl groups excluding tert-OH is 2. The molecule has 2 unspecified atom stereocenters. The quantitative estimate of drug-likeness (QED) is 0.0422. The number of unbranched alkanes of at least 4 members (excludes halogenated alkanes) is 39. The van der Waals surface area contributed by atoms with Crippen LogP contribution in [-0.2, 0) is 4.79 Å². The molecule has 0 aliphatic heterocycles. The molecule has 1 amide bonds. The van der Waals surface area contributed by atoms with Crippen LogP contribution in [0.1, 0.15) is 303 Å². The molecule has 0 saturated heterocycles. The Morgan fingerprint density at radius 2 is 0.695 bits per heavy atom. The highest BCUT2D eigenvalue weighted by molar-refractivity contribution is 5.76. The minimum Gasteiger partial charge on any atom is -0.394 e. The molecule has 4 nitrogen and oxygen atoms in total. The Kier molecular flexibility index (Phi) is 50.2. The van der Waals surface area contributed by atoms with Crippen LogP contribution >= 0.6 is 0 Å². The summed E-state index contributed by atoms with van der Waals surface area (Å²) in [4.78, 5) is 12.4. The molecule has 350 valence electrons. The Labute approximate surface area is 370 Å². The summed E-state index contributed by atoms with van der Waals surface area (Å²) in [7, 11) is 0. The normalized spacial score (nSPS) is 12.9. The van der Waals surface area contributed by atoms with Crippen LogP contribution in [0.5, 0.6) is 0 Å². The third-order valence-corrected chi connectivity index (χ3v) is 12.7. The molecule has 0 aliphatic carbocycles. The molecule has 3 N–H and O–H groups in total. The molecule has 0 rings (SSSR count). The molecule has 0 aromatic heterocycles. The van der Waals surface area contributed by atoms with E-state index in [-0.39, 0.29) is 12.5 Å². The lowest BCUT2D eigenvalue weighted by Gasteiger charge is -2.22. The van der Waals surface area contributed by atoms with Crippen molar-refractivity contribution in [2.45, 2.75) is 315 Å². The molecular formula is C55H107NO3. The van der Waals surface area contributed by atoms with Gasteiger partial charge in [0, 0.05) is 6.42 Å². The summed E-state index contributed by atoms with van der Waals surface area (Å²) in [5.41, 5.74) is 0. The fourth-order valence-corrected chi connectivity index (χ4v) is 8.57. The van der Waals surface area contributed by atoms with E-state index in [1.807, 2.05) is 0 Å². The van der Waals surface area contributed by atoms with E-state index in [1.165, 1.54) is 244 Å². The lowest BCUT2D eigenvalue weighted by Crippen LogP contribution is -2.45. The molecule has 4 heteroatoms. The summed E-state index contributed by atoms with van der Waals surface area (Å²) in [6, 6.07) is -0.533. The van der Waals surface area contributed by atoms with E-state index in [1.54, 1.807) is 0 Å². The Bertz CT molecular complexity index is 855. The van der Waals surface area contributed by atoms with Crippen LogP contribution in [0.3, 0.4) is 0 Å². The number of nitrogens with one attached hydrogen (secondary N) is 1. The van der Waals surface area contributed by atoms with E-state index in [0.29, 0.717) is 12.8 Å². The van der Waals surface area contributed by atoms with E-state index < -0.39 is 12.1 Å². The fourth-order valence-electron chi connectivity index (χ4n) is 8.57. The Morgan fingerprint density at radius 3 is 1.02 bits per heavy atom. The van der Waals surface area contributed by atoms with Crippen LogP contribution in [0.25, 0.3) is 0 Å². The Hall–Kier alpha value is -1.13. The zero-order valence-electron chi connectivity index (χ0n) is 40.3. The lowest BCUT2D eigenvalue weighted by atomic mass is 10.0. The Morgan fingerprint density at radius 1 is 0.407 bits per heavy atom. The summed E-state index contributed by atoms with van der Waals surface area (Å²) in [5.74, 6) is -0.0281. The van der Waals surface area contributed by atoms with Crippen molar-refractivity contribution in [3.05, 3.63) is 24.3 Å². The third-order valence-electron chi connectivity index (χ3n) is 12.7. The first-order valence-electron chi connectivity index (χ1n) is 27.0. The molecule has 0 radical (unpaired) electrons. The maximum Gasteiger partial charge on any atom is 0.220 e. The van der Waals surface area contributed by atoms with Gasteiger partial charge in [-0.3, -0.25) is 4.79 Å². The van der Waals surface area contributed by atoms with Gasteiger partial charge in [0.2, 0.25) is 5.91 Å². The molecule has 0 aliphatic rings. The van der Waals surface area contributed by atoms with Crippen LogP contribution in [-0.4, -0.2) is 34.9 Å². The van der Waals surface area contributed by atoms with Gasteiger partial charge in [-0.1, -0.05) is 276 Å². The van der Waals surface area contributed by atoms with Crippen molar-refractivity contribution >= 4 is 5.91 Å². The van der Waals surface area contributed by atoms with Gasteiger partial charge in [0.05, 0.1) is 18.8 Å². The van der Waals surface area contributed by atoms with Crippen LogP contribution in [0.15, 0.2) is 24.3 Å². The van der Waals surface area contributed by atoms with Gasteiger partial charge in [-0.25, -0.2) is 0 Å². The van der Waals surface area contributed by atoms with Crippen molar-refractivity contribution in [3.63, 3.8) is 0 Å². The van der Waals surface area contributed by atoms with Crippen LogP contribution < -0.4 is 5.32 Å². The maximum absolute atomic E-state index is 12.4. The highest BCUT2D eigenvalue weighted by Gasteiger charge is 2.20. The smallest absolute Gasteiger partial charge is 0.220 e. The van der Waals surface area contributed by atoms with Gasteiger partial charge < -0.3 is 15.5 Å². The zero-order chi connectivity index (χ0) is 42.8. The second-order valence-electron chi connectivity index (χ2n) is 18.7. The van der Waals surface area contributed by atoms with Crippen molar-refractivity contribution < 1.29 is 15.0 Å². The number of hydrogen-bond donors (Lipinski definition) is 3. The second kappa shape index (κ2) is 51.2. The van der Waals surface area contributed by atoms with Crippen molar-refractivity contribution in [1.82, 2.24) is 5.32 Å². The van der Waals surface area contributed by atoms with E-state index in [9.17, 15) is 15.0 Å². The number of carbonyl (C=O) groups is 1. The molecule has 0 fully saturated rings. The standard InChI is InChI=1S/C55H107NO3/c1-3-5-7-9-11-13-15-17-18-19-20-21-22-23-24-25-26-27-28-29-30-31-32-33-34-35-36-37-38-39-41-43-45-47-49-51-55(59)56-53(52-57)54(58)50-48-46-44-42-40-16-14-12-10-8-6-4-2/h22-23,25-26,53-54,57-58H,3-21,24,27-52H2,1-2H3,(H,56,59)/b23-22-,26-25-. The highest BCUT2D eigenvalue weighted by Crippen LogP contribution is 2.17. The number of carbonyl (C=O) groups excluding carboxylic acids is 1. The van der Waals surface area contributed by atoms with E-state index in [0.717, 1.165) is 32.1 Å². The predicted molar refractivity (Wildman–Crippen MR) is 262 cm³/mol. The van der Waals surface area contributed by atoms with Gasteiger partial charge in [0.15, 0.2) is 0 Å². The van der Waals surface area contributed by atoms with Crippen molar-refractivity contribution in [1.29, 1.82) is 0 Å². The predicted octanol–water partition coefficient (Wildman–Crippen LogP) is 17.5. The number of allylic oxidation sites excluding steroid dienone is 4. The molecule has 0 saturated carbocycles. The average molecular weight is 830 g/mol. The number of amides is 1. The minimum absolute atomic E-state index is 0.0281. The maximum atomic E-state index is 12.4. The van der Waals surface area contributed by atoms with Crippen molar-refractivity contribution in [2.75, 3.05) is 6.61 Å². The number of aliphatic hydroxyl groups is 2. The zero-order valence-corrected chi connectivity index (χ0v) is 40.3. The van der Waals surface area contributed by atoms with Crippen LogP contribution in [0, 0.1) is 0 Å². The van der Waals surface area contributed by atoms with Gasteiger partial charge in [0.1, 0.15) is 0 Å². The van der Waals surface area contributed by atoms with E-state index >= 15 is 0 Å². The molecule has 2 atom stereocenters. The molecule has 0 spiro atoms. The molecule has 0 bridgehead atoms. The SMILES string of the molecule is CCCCCCCCCCCCC/C=C\C/C=C\CCCCCCCCCCCCCCCCCCCC(=O)NC(CO)C(O)CCCCCCCCCCCCCC.